The molecule has 2 aromatic rings. The second kappa shape index (κ2) is 7.84. The van der Waals surface area contributed by atoms with Crippen LogP contribution >= 0.6 is 11.6 Å². The topological polar surface area (TPSA) is 78.2 Å². The molecule has 1 atom stereocenters. The average molecular weight is 366 g/mol. The molecule has 8 heteroatoms. The van der Waals surface area contributed by atoms with E-state index in [-0.39, 0.29) is 12.5 Å². The lowest BCUT2D eigenvalue weighted by molar-refractivity contribution is 0.0720. The molecule has 0 bridgehead atoms. The summed E-state index contributed by atoms with van der Waals surface area (Å²) in [5.41, 5.74) is 7.67. The number of nitrogens with zero attached hydrogens (tertiary/aromatic N) is 3. The van der Waals surface area contributed by atoms with Crippen LogP contribution in [0.25, 0.3) is 0 Å². The molecular weight excluding hydrogens is 345 g/mol. The number of halogens is 2. The fourth-order valence-electron chi connectivity index (χ4n) is 2.98. The van der Waals surface area contributed by atoms with Crippen LogP contribution in [0.3, 0.4) is 0 Å². The van der Waals surface area contributed by atoms with Crippen LogP contribution in [0.2, 0.25) is 5.02 Å². The van der Waals surface area contributed by atoms with E-state index in [1.54, 1.807) is 29.2 Å². The molecule has 1 aliphatic rings. The summed E-state index contributed by atoms with van der Waals surface area (Å²) in [5.74, 6) is -0.187. The van der Waals surface area contributed by atoms with Crippen molar-refractivity contribution in [2.45, 2.75) is 19.1 Å². The molecule has 3 N–H and O–H groups in total. The number of hydrogen-bond acceptors (Lipinski definition) is 4. The van der Waals surface area contributed by atoms with Gasteiger partial charge in [-0.3, -0.25) is 14.8 Å². The van der Waals surface area contributed by atoms with Gasteiger partial charge in [0, 0.05) is 55.2 Å². The standard InChI is InChI=1S/C17H21ClFN5O/c18-14-2-1-3-15(20)13(14)11-24(17(25)16-4-6-21-22-16)9-8-23-7-5-12(19)10-23/h1-4,6,12H,5,7-11,20H2,(H,21,22). The fraction of sp³-hybridized carbons (Fsp3) is 0.412. The highest BCUT2D eigenvalue weighted by Crippen LogP contribution is 2.24. The quantitative estimate of drug-likeness (QED) is 0.770. The Labute approximate surface area is 150 Å². The van der Waals surface area contributed by atoms with Crippen LogP contribution in [-0.4, -0.2) is 58.3 Å². The molecule has 2 heterocycles. The molecule has 1 saturated heterocycles. The van der Waals surface area contributed by atoms with Crippen molar-refractivity contribution in [1.82, 2.24) is 20.0 Å². The number of amides is 1. The maximum absolute atomic E-state index is 13.4. The van der Waals surface area contributed by atoms with E-state index in [1.165, 1.54) is 6.20 Å². The van der Waals surface area contributed by atoms with Gasteiger partial charge in [0.25, 0.3) is 5.91 Å². The van der Waals surface area contributed by atoms with Gasteiger partial charge in [-0.15, -0.1) is 0 Å². The van der Waals surface area contributed by atoms with Crippen molar-refractivity contribution in [2.75, 3.05) is 31.9 Å². The molecule has 25 heavy (non-hydrogen) atoms. The Balaban J connectivity index is 1.75. The SMILES string of the molecule is Nc1cccc(Cl)c1CN(CCN1CCC(F)C1)C(=O)c1ccn[nH]1. The third-order valence-electron chi connectivity index (χ3n) is 4.42. The highest BCUT2D eigenvalue weighted by molar-refractivity contribution is 6.31. The Bertz CT molecular complexity index is 704. The van der Waals surface area contributed by atoms with Crippen LogP contribution in [0.4, 0.5) is 10.1 Å². The minimum Gasteiger partial charge on any atom is -0.398 e. The van der Waals surface area contributed by atoms with Gasteiger partial charge < -0.3 is 10.6 Å². The Morgan fingerprint density at radius 1 is 1.48 bits per heavy atom. The van der Waals surface area contributed by atoms with E-state index in [1.807, 2.05) is 4.90 Å². The molecule has 0 aliphatic carbocycles. The zero-order chi connectivity index (χ0) is 17.8. The number of nitrogens with one attached hydrogen (secondary N) is 1. The van der Waals surface area contributed by atoms with Crippen LogP contribution in [0.5, 0.6) is 0 Å². The Kier molecular flexibility index (Phi) is 5.55. The molecule has 1 unspecified atom stereocenters. The third-order valence-corrected chi connectivity index (χ3v) is 4.78. The second-order valence-corrected chi connectivity index (χ2v) is 6.60. The number of hydrogen-bond donors (Lipinski definition) is 2. The fourth-order valence-corrected chi connectivity index (χ4v) is 3.22. The largest absolute Gasteiger partial charge is 0.398 e. The van der Waals surface area contributed by atoms with Crippen LogP contribution < -0.4 is 5.73 Å². The predicted octanol–water partition coefficient (Wildman–Crippen LogP) is 2.33. The normalized spacial score (nSPS) is 17.8. The van der Waals surface area contributed by atoms with Gasteiger partial charge in [0.05, 0.1) is 0 Å². The van der Waals surface area contributed by atoms with Gasteiger partial charge in [0.2, 0.25) is 0 Å². The lowest BCUT2D eigenvalue weighted by atomic mass is 10.1. The molecule has 0 radical (unpaired) electrons. The lowest BCUT2D eigenvalue weighted by Gasteiger charge is -2.26. The molecule has 6 nitrogen and oxygen atoms in total. The molecule has 1 amide bonds. The molecule has 3 rings (SSSR count). The second-order valence-electron chi connectivity index (χ2n) is 6.19. The van der Waals surface area contributed by atoms with Crippen molar-refractivity contribution < 1.29 is 9.18 Å². The monoisotopic (exact) mass is 365 g/mol. The Morgan fingerprint density at radius 3 is 2.96 bits per heavy atom. The summed E-state index contributed by atoms with van der Waals surface area (Å²) in [6.45, 7) is 2.47. The van der Waals surface area contributed by atoms with Crippen LogP contribution in [0, 0.1) is 0 Å². The molecule has 134 valence electrons. The molecule has 0 saturated carbocycles. The van der Waals surface area contributed by atoms with Crippen molar-refractivity contribution in [1.29, 1.82) is 0 Å². The van der Waals surface area contributed by atoms with Crippen molar-refractivity contribution in [3.05, 3.63) is 46.7 Å². The van der Waals surface area contributed by atoms with E-state index in [0.717, 1.165) is 0 Å². The molecule has 0 spiro atoms. The van der Waals surface area contributed by atoms with Gasteiger partial charge in [0.15, 0.2) is 0 Å². The van der Waals surface area contributed by atoms with Crippen molar-refractivity contribution >= 4 is 23.2 Å². The maximum Gasteiger partial charge on any atom is 0.272 e. The summed E-state index contributed by atoms with van der Waals surface area (Å²) < 4.78 is 13.4. The van der Waals surface area contributed by atoms with Crippen molar-refractivity contribution in [2.24, 2.45) is 0 Å². The first kappa shape index (κ1) is 17.7. The van der Waals surface area contributed by atoms with E-state index in [4.69, 9.17) is 17.3 Å². The molecule has 1 aliphatic heterocycles. The number of anilines is 1. The Morgan fingerprint density at radius 2 is 2.32 bits per heavy atom. The predicted molar refractivity (Wildman–Crippen MR) is 95.1 cm³/mol. The lowest BCUT2D eigenvalue weighted by Crippen LogP contribution is -2.38. The van der Waals surface area contributed by atoms with Gasteiger partial charge in [0.1, 0.15) is 11.9 Å². The van der Waals surface area contributed by atoms with E-state index in [2.05, 4.69) is 10.2 Å². The smallest absolute Gasteiger partial charge is 0.272 e. The van der Waals surface area contributed by atoms with Crippen LogP contribution in [0.15, 0.2) is 30.5 Å². The number of carbonyl (C=O) groups excluding carboxylic acids is 1. The van der Waals surface area contributed by atoms with Crippen molar-refractivity contribution in [3.8, 4) is 0 Å². The first-order valence-electron chi connectivity index (χ1n) is 8.22. The zero-order valence-corrected chi connectivity index (χ0v) is 14.5. The van der Waals surface area contributed by atoms with Gasteiger partial charge in [-0.05, 0) is 24.6 Å². The number of H-pyrrole nitrogens is 1. The van der Waals surface area contributed by atoms with Gasteiger partial charge in [-0.2, -0.15) is 5.10 Å². The number of aromatic nitrogens is 2. The number of aromatic amines is 1. The number of nitrogens with two attached hydrogens (primary N) is 1. The van der Waals surface area contributed by atoms with Crippen molar-refractivity contribution in [3.63, 3.8) is 0 Å². The third kappa shape index (κ3) is 4.29. The highest BCUT2D eigenvalue weighted by Gasteiger charge is 2.24. The summed E-state index contributed by atoms with van der Waals surface area (Å²) in [4.78, 5) is 16.5. The molecular formula is C17H21ClFN5O. The summed E-state index contributed by atoms with van der Waals surface area (Å²) in [5, 5.41) is 7.04. The van der Waals surface area contributed by atoms with E-state index < -0.39 is 6.17 Å². The number of benzene rings is 1. The Hall–Kier alpha value is -2.12. The maximum atomic E-state index is 13.4. The van der Waals surface area contributed by atoms with E-state index >= 15 is 0 Å². The van der Waals surface area contributed by atoms with Gasteiger partial charge >= 0.3 is 0 Å². The summed E-state index contributed by atoms with van der Waals surface area (Å²) in [6, 6.07) is 6.90. The first-order valence-corrected chi connectivity index (χ1v) is 8.60. The number of nitrogen functional groups attached to an aromatic ring is 1. The molecule has 1 aromatic heterocycles. The average Bonchev–Trinajstić information content (AvgIpc) is 3.25. The number of carbonyl (C=O) groups is 1. The summed E-state index contributed by atoms with van der Waals surface area (Å²) >= 11 is 6.25. The van der Waals surface area contributed by atoms with Gasteiger partial charge in [-0.1, -0.05) is 17.7 Å². The van der Waals surface area contributed by atoms with Crippen LogP contribution in [-0.2, 0) is 6.54 Å². The number of alkyl halides is 1. The zero-order valence-electron chi connectivity index (χ0n) is 13.8. The minimum absolute atomic E-state index is 0.187. The molecule has 1 aromatic carbocycles. The van der Waals surface area contributed by atoms with Gasteiger partial charge in [-0.25, -0.2) is 4.39 Å². The highest BCUT2D eigenvalue weighted by atomic mass is 35.5. The number of rotatable bonds is 6. The summed E-state index contributed by atoms with van der Waals surface area (Å²) in [7, 11) is 0. The minimum atomic E-state index is -0.782. The van der Waals surface area contributed by atoms with E-state index in [0.29, 0.717) is 54.6 Å². The van der Waals surface area contributed by atoms with Crippen LogP contribution in [0.1, 0.15) is 22.5 Å². The molecule has 1 fully saturated rings. The first-order chi connectivity index (χ1) is 12.0. The summed E-state index contributed by atoms with van der Waals surface area (Å²) in [6.07, 6.45) is 1.30. The number of likely N-dealkylation sites (tertiary alicyclic amines) is 1. The van der Waals surface area contributed by atoms with E-state index in [9.17, 15) is 9.18 Å².